The Kier molecular flexibility index (Phi) is 4.78. The fraction of sp³-hybridized carbons (Fsp3) is 0.143. The van der Waals surface area contributed by atoms with Gasteiger partial charge in [-0.3, -0.25) is 4.79 Å². The first-order valence-corrected chi connectivity index (χ1v) is 7.08. The van der Waals surface area contributed by atoms with Gasteiger partial charge in [0.1, 0.15) is 5.75 Å². The average Bonchev–Trinajstić information content (AvgIpc) is 2.42. The van der Waals surface area contributed by atoms with Crippen LogP contribution in [0.5, 0.6) is 5.75 Å². The zero-order valence-electron chi connectivity index (χ0n) is 10.8. The summed E-state index contributed by atoms with van der Waals surface area (Å²) in [5, 5.41) is 9.56. The predicted octanol–water partition coefficient (Wildman–Crippen LogP) is 2.47. The lowest BCUT2D eigenvalue weighted by atomic mass is 10.2. The number of pyridine rings is 1. The summed E-state index contributed by atoms with van der Waals surface area (Å²) in [5.74, 6) is 0.0346. The molecule has 0 spiro atoms. The third-order valence-electron chi connectivity index (χ3n) is 2.51. The monoisotopic (exact) mass is 384 g/mol. The molecular formula is C14H13IN2O3. The van der Waals surface area contributed by atoms with Crippen molar-refractivity contribution >= 4 is 28.5 Å². The van der Waals surface area contributed by atoms with Crippen molar-refractivity contribution in [1.82, 2.24) is 4.73 Å². The summed E-state index contributed by atoms with van der Waals surface area (Å²) in [7, 11) is 0. The largest absolute Gasteiger partial charge is 0.493 e. The van der Waals surface area contributed by atoms with Crippen molar-refractivity contribution < 1.29 is 14.7 Å². The minimum Gasteiger partial charge on any atom is -0.493 e. The van der Waals surface area contributed by atoms with Crippen LogP contribution in [0.15, 0.2) is 47.6 Å². The maximum Gasteiger partial charge on any atom is 0.282 e. The smallest absolute Gasteiger partial charge is 0.282 e. The summed E-state index contributed by atoms with van der Waals surface area (Å²) in [4.78, 5) is 16.1. The molecule has 1 amide bonds. The topological polar surface area (TPSA) is 63.8 Å². The normalized spacial score (nSPS) is 11.4. The second-order valence-electron chi connectivity index (χ2n) is 3.89. The quantitative estimate of drug-likeness (QED) is 0.653. The molecule has 0 atom stereocenters. The zero-order chi connectivity index (χ0) is 14.5. The number of amides is 1. The number of carbonyl (C=O) groups excluding carboxylic acids is 1. The molecule has 0 fully saturated rings. The Morgan fingerprint density at radius 3 is 2.90 bits per heavy atom. The van der Waals surface area contributed by atoms with E-state index in [1.165, 1.54) is 6.20 Å². The van der Waals surface area contributed by atoms with Crippen LogP contribution in [0.25, 0.3) is 0 Å². The van der Waals surface area contributed by atoms with Crippen molar-refractivity contribution in [2.75, 3.05) is 6.61 Å². The second-order valence-corrected chi connectivity index (χ2v) is 5.14. The molecule has 0 aliphatic carbocycles. The summed E-state index contributed by atoms with van der Waals surface area (Å²) < 4.78 is 7.22. The lowest BCUT2D eigenvalue weighted by Gasteiger charge is -2.07. The highest BCUT2D eigenvalue weighted by molar-refractivity contribution is 14.1. The van der Waals surface area contributed by atoms with E-state index in [1.807, 2.05) is 13.0 Å². The molecule has 2 rings (SSSR count). The molecule has 1 heterocycles. The Hall–Kier alpha value is -1.83. The Labute approximate surface area is 129 Å². The van der Waals surface area contributed by atoms with Gasteiger partial charge in [-0.05, 0) is 59.8 Å². The minimum absolute atomic E-state index is 0.165. The van der Waals surface area contributed by atoms with Crippen molar-refractivity contribution in [2.24, 2.45) is 4.99 Å². The highest BCUT2D eigenvalue weighted by Gasteiger charge is 2.12. The summed E-state index contributed by atoms with van der Waals surface area (Å²) in [6.07, 6.45) is 1.41. The fourth-order valence-corrected chi connectivity index (χ4v) is 2.09. The molecule has 5 nitrogen and oxygen atoms in total. The molecule has 1 N–H and O–H groups in total. The Morgan fingerprint density at radius 2 is 2.20 bits per heavy atom. The third-order valence-corrected chi connectivity index (χ3v) is 3.18. The van der Waals surface area contributed by atoms with E-state index in [1.54, 1.807) is 30.3 Å². The maximum absolute atomic E-state index is 12.2. The highest BCUT2D eigenvalue weighted by atomic mass is 127. The van der Waals surface area contributed by atoms with E-state index < -0.39 is 5.91 Å². The van der Waals surface area contributed by atoms with E-state index in [2.05, 4.69) is 27.6 Å². The first-order chi connectivity index (χ1) is 9.61. The van der Waals surface area contributed by atoms with Gasteiger partial charge in [0.15, 0.2) is 5.49 Å². The third kappa shape index (κ3) is 3.38. The molecule has 2 aromatic rings. The molecular weight excluding hydrogens is 371 g/mol. The highest BCUT2D eigenvalue weighted by Crippen LogP contribution is 2.22. The summed E-state index contributed by atoms with van der Waals surface area (Å²) in [6, 6.07) is 10.1. The van der Waals surface area contributed by atoms with Gasteiger partial charge in [0.05, 0.1) is 12.2 Å². The summed E-state index contributed by atoms with van der Waals surface area (Å²) >= 11 is 2.15. The van der Waals surface area contributed by atoms with Crippen LogP contribution in [0.4, 0.5) is 0 Å². The maximum atomic E-state index is 12.2. The lowest BCUT2D eigenvalue weighted by molar-refractivity contribution is 0.0984. The van der Waals surface area contributed by atoms with Gasteiger partial charge in [0.2, 0.25) is 0 Å². The Bertz CT molecular complexity index is 695. The number of benzene rings is 1. The number of halogens is 1. The second kappa shape index (κ2) is 6.56. The van der Waals surface area contributed by atoms with Crippen LogP contribution in [-0.2, 0) is 0 Å². The van der Waals surface area contributed by atoms with Crippen molar-refractivity contribution in [3.8, 4) is 5.75 Å². The minimum atomic E-state index is -0.459. The Morgan fingerprint density at radius 1 is 1.40 bits per heavy atom. The molecule has 1 aromatic heterocycles. The molecule has 0 aliphatic heterocycles. The number of ether oxygens (including phenoxy) is 1. The van der Waals surface area contributed by atoms with E-state index in [0.29, 0.717) is 17.9 Å². The van der Waals surface area contributed by atoms with Gasteiger partial charge < -0.3 is 9.94 Å². The van der Waals surface area contributed by atoms with Crippen LogP contribution in [-0.4, -0.2) is 22.5 Å². The number of nitrogens with zero attached hydrogens (tertiary/aromatic N) is 2. The van der Waals surface area contributed by atoms with E-state index >= 15 is 0 Å². The molecule has 6 heteroatoms. The molecule has 0 radical (unpaired) electrons. The lowest BCUT2D eigenvalue weighted by Crippen LogP contribution is -2.19. The van der Waals surface area contributed by atoms with Gasteiger partial charge in [0, 0.05) is 9.77 Å². The molecule has 20 heavy (non-hydrogen) atoms. The van der Waals surface area contributed by atoms with Gasteiger partial charge in [0.25, 0.3) is 5.91 Å². The van der Waals surface area contributed by atoms with Gasteiger partial charge >= 0.3 is 0 Å². The number of carbonyl (C=O) groups is 1. The molecule has 0 saturated heterocycles. The van der Waals surface area contributed by atoms with Crippen LogP contribution >= 0.6 is 22.6 Å². The molecule has 104 valence electrons. The predicted molar refractivity (Wildman–Crippen MR) is 81.8 cm³/mol. The first kappa shape index (κ1) is 14.6. The van der Waals surface area contributed by atoms with Crippen LogP contribution in [0, 0.1) is 3.57 Å². The standard InChI is InChI=1S/C14H13IN2O3/c1-2-20-12-9-10(15)6-7-11(12)14(18)16-13-5-3-4-8-17(13)19/h3-9,19H,2H2,1H3. The number of rotatable bonds is 3. The molecule has 1 aromatic carbocycles. The molecule has 0 unspecified atom stereocenters. The van der Waals surface area contributed by atoms with Gasteiger partial charge in [-0.2, -0.15) is 9.72 Å². The van der Waals surface area contributed by atoms with Crippen LogP contribution in [0.2, 0.25) is 0 Å². The molecule has 0 bridgehead atoms. The summed E-state index contributed by atoms with van der Waals surface area (Å²) in [6.45, 7) is 2.32. The van der Waals surface area contributed by atoms with E-state index in [9.17, 15) is 10.0 Å². The zero-order valence-corrected chi connectivity index (χ0v) is 12.9. The number of aromatic nitrogens is 1. The number of hydrogen-bond acceptors (Lipinski definition) is 3. The fourth-order valence-electron chi connectivity index (χ4n) is 1.63. The van der Waals surface area contributed by atoms with Gasteiger partial charge in [-0.1, -0.05) is 6.07 Å². The van der Waals surface area contributed by atoms with Crippen LogP contribution < -0.4 is 10.2 Å². The molecule has 0 saturated carbocycles. The van der Waals surface area contributed by atoms with Gasteiger partial charge in [-0.15, -0.1) is 0 Å². The van der Waals surface area contributed by atoms with Crippen LogP contribution in [0.3, 0.4) is 0 Å². The Balaban J connectivity index is 2.44. The van der Waals surface area contributed by atoms with Crippen molar-refractivity contribution in [2.45, 2.75) is 6.92 Å². The van der Waals surface area contributed by atoms with E-state index in [0.717, 1.165) is 8.30 Å². The average molecular weight is 384 g/mol. The van der Waals surface area contributed by atoms with Crippen molar-refractivity contribution in [3.05, 3.63) is 57.2 Å². The van der Waals surface area contributed by atoms with E-state index in [4.69, 9.17) is 4.74 Å². The SMILES string of the molecule is CCOc1cc(I)ccc1C(=O)N=c1ccccn1O. The molecule has 0 aliphatic rings. The number of hydrogen-bond donors (Lipinski definition) is 1. The van der Waals surface area contributed by atoms with Gasteiger partial charge in [-0.25, -0.2) is 0 Å². The van der Waals surface area contributed by atoms with E-state index in [-0.39, 0.29) is 5.49 Å². The summed E-state index contributed by atoms with van der Waals surface area (Å²) in [5.41, 5.74) is 0.537. The van der Waals surface area contributed by atoms with Crippen LogP contribution in [0.1, 0.15) is 17.3 Å². The van der Waals surface area contributed by atoms with Crippen molar-refractivity contribution in [1.29, 1.82) is 0 Å². The first-order valence-electron chi connectivity index (χ1n) is 6.00. The van der Waals surface area contributed by atoms with Crippen molar-refractivity contribution in [3.63, 3.8) is 0 Å².